The van der Waals surface area contributed by atoms with E-state index in [0.29, 0.717) is 18.7 Å². The number of carbonyl (C=O) groups excluding carboxylic acids is 1. The summed E-state index contributed by atoms with van der Waals surface area (Å²) in [7, 11) is 1.97. The van der Waals surface area contributed by atoms with E-state index in [1.807, 2.05) is 11.9 Å². The van der Waals surface area contributed by atoms with Gasteiger partial charge in [0, 0.05) is 67.8 Å². The molecule has 0 unspecified atom stereocenters. The van der Waals surface area contributed by atoms with Gasteiger partial charge in [-0.15, -0.1) is 0 Å². The van der Waals surface area contributed by atoms with Gasteiger partial charge in [0.15, 0.2) is 5.82 Å². The Hall–Kier alpha value is -4.34. The van der Waals surface area contributed by atoms with Crippen LogP contribution in [0.1, 0.15) is 32.7 Å². The van der Waals surface area contributed by atoms with Crippen molar-refractivity contribution in [3.63, 3.8) is 0 Å². The van der Waals surface area contributed by atoms with Crippen molar-refractivity contribution < 1.29 is 26.7 Å². The minimum absolute atomic E-state index is 0.00438. The number of halogens is 5. The number of pyridine rings is 1. The summed E-state index contributed by atoms with van der Waals surface area (Å²) in [6.07, 6.45) is -1.97. The Morgan fingerprint density at radius 1 is 1.05 bits per heavy atom. The molecule has 0 aliphatic carbocycles. The van der Waals surface area contributed by atoms with E-state index in [1.54, 1.807) is 0 Å². The van der Waals surface area contributed by atoms with Gasteiger partial charge in [0.2, 0.25) is 0 Å². The highest BCUT2D eigenvalue weighted by molar-refractivity contribution is 6.04. The second-order valence-corrected chi connectivity index (χ2v) is 9.50. The fraction of sp³-hybridized carbons (Fsp3) is 0.250. The van der Waals surface area contributed by atoms with E-state index in [4.69, 9.17) is 0 Å². The van der Waals surface area contributed by atoms with Crippen molar-refractivity contribution in [2.24, 2.45) is 0 Å². The predicted molar refractivity (Wildman–Crippen MR) is 138 cm³/mol. The molecule has 206 valence electrons. The van der Waals surface area contributed by atoms with Crippen LogP contribution in [-0.2, 0) is 12.7 Å². The third kappa shape index (κ3) is 6.11. The predicted octanol–water partition coefficient (Wildman–Crippen LogP) is 4.65. The standard InChI is InChI=1S/C28H23F5N6O/c1-38-6-8-39(9-7-38)16-18-3-4-21(13-23(18)28(31,32)33)35-27(40)19-10-17(14-34-15-19)2-5-25-22-11-20(29)12-24(30)26(22)37-36-25/h3-4,10-15H,6-9,16H2,1H3,(H,35,40)(H,36,37). The molecule has 0 saturated carbocycles. The third-order valence-electron chi connectivity index (χ3n) is 6.58. The molecule has 0 bridgehead atoms. The van der Waals surface area contributed by atoms with Crippen molar-refractivity contribution in [2.45, 2.75) is 12.7 Å². The molecular weight excluding hydrogens is 531 g/mol. The van der Waals surface area contributed by atoms with E-state index in [-0.39, 0.29) is 40.0 Å². The fourth-order valence-corrected chi connectivity index (χ4v) is 4.41. The van der Waals surface area contributed by atoms with Crippen LogP contribution in [0, 0.1) is 23.5 Å². The zero-order valence-corrected chi connectivity index (χ0v) is 21.2. The van der Waals surface area contributed by atoms with Gasteiger partial charge >= 0.3 is 6.18 Å². The van der Waals surface area contributed by atoms with Gasteiger partial charge < -0.3 is 10.2 Å². The van der Waals surface area contributed by atoms with Crippen molar-refractivity contribution in [1.29, 1.82) is 0 Å². The average molecular weight is 555 g/mol. The number of carbonyl (C=O) groups is 1. The first-order chi connectivity index (χ1) is 19.1. The number of nitrogens with zero attached hydrogens (tertiary/aromatic N) is 4. The Bertz CT molecular complexity index is 1630. The summed E-state index contributed by atoms with van der Waals surface area (Å²) in [6.45, 7) is 3.06. The molecule has 4 aromatic rings. The third-order valence-corrected chi connectivity index (χ3v) is 6.58. The molecule has 2 aromatic heterocycles. The molecule has 7 nitrogen and oxygen atoms in total. The molecule has 2 aromatic carbocycles. The molecular formula is C28H23F5N6O. The number of aromatic amines is 1. The number of likely N-dealkylation sites (N-methyl/N-ethyl adjacent to an activating group) is 1. The Morgan fingerprint density at radius 2 is 1.82 bits per heavy atom. The van der Waals surface area contributed by atoms with Gasteiger partial charge in [-0.05, 0) is 42.8 Å². The second kappa shape index (κ2) is 11.0. The minimum atomic E-state index is -4.60. The van der Waals surface area contributed by atoms with Gasteiger partial charge in [0.1, 0.15) is 17.0 Å². The van der Waals surface area contributed by atoms with Crippen LogP contribution in [0.4, 0.5) is 27.6 Å². The highest BCUT2D eigenvalue weighted by atomic mass is 19.4. The lowest BCUT2D eigenvalue weighted by atomic mass is 10.0. The zero-order valence-electron chi connectivity index (χ0n) is 21.2. The molecule has 3 heterocycles. The first-order valence-corrected chi connectivity index (χ1v) is 12.3. The first-order valence-electron chi connectivity index (χ1n) is 12.3. The Kier molecular flexibility index (Phi) is 7.51. The lowest BCUT2D eigenvalue weighted by Gasteiger charge is -2.33. The smallest absolute Gasteiger partial charge is 0.322 e. The quantitative estimate of drug-likeness (QED) is 0.284. The maximum absolute atomic E-state index is 13.9. The number of amides is 1. The molecule has 1 saturated heterocycles. The summed E-state index contributed by atoms with van der Waals surface area (Å²) in [5.41, 5.74) is -0.224. The fourth-order valence-electron chi connectivity index (χ4n) is 4.41. The molecule has 1 aliphatic rings. The number of hydrogen-bond donors (Lipinski definition) is 2. The molecule has 1 amide bonds. The van der Waals surface area contributed by atoms with Crippen molar-refractivity contribution >= 4 is 22.5 Å². The summed E-state index contributed by atoms with van der Waals surface area (Å²) in [4.78, 5) is 20.9. The van der Waals surface area contributed by atoms with Crippen LogP contribution in [0.15, 0.2) is 48.8 Å². The van der Waals surface area contributed by atoms with Crippen LogP contribution in [-0.4, -0.2) is 64.1 Å². The number of piperazine rings is 1. The Morgan fingerprint density at radius 3 is 2.58 bits per heavy atom. The molecule has 1 fully saturated rings. The lowest BCUT2D eigenvalue weighted by Crippen LogP contribution is -2.44. The van der Waals surface area contributed by atoms with Crippen LogP contribution < -0.4 is 5.32 Å². The van der Waals surface area contributed by atoms with E-state index < -0.39 is 29.3 Å². The van der Waals surface area contributed by atoms with Crippen LogP contribution >= 0.6 is 0 Å². The second-order valence-electron chi connectivity index (χ2n) is 9.50. The van der Waals surface area contributed by atoms with Crippen LogP contribution in [0.25, 0.3) is 10.9 Å². The Balaban J connectivity index is 1.33. The topological polar surface area (TPSA) is 77.2 Å². The summed E-state index contributed by atoms with van der Waals surface area (Å²) in [5.74, 6) is 3.16. The molecule has 12 heteroatoms. The number of benzene rings is 2. The van der Waals surface area contributed by atoms with Gasteiger partial charge in [-0.1, -0.05) is 12.0 Å². The van der Waals surface area contributed by atoms with E-state index in [0.717, 1.165) is 31.3 Å². The summed E-state index contributed by atoms with van der Waals surface area (Å²) < 4.78 is 69.2. The number of fused-ring (bicyclic) bond motifs is 1. The van der Waals surface area contributed by atoms with Gasteiger partial charge in [-0.25, -0.2) is 8.78 Å². The van der Waals surface area contributed by atoms with Gasteiger partial charge in [0.25, 0.3) is 5.91 Å². The molecule has 1 aliphatic heterocycles. The molecule has 0 atom stereocenters. The van der Waals surface area contributed by atoms with Gasteiger partial charge in [-0.2, -0.15) is 18.3 Å². The maximum atomic E-state index is 13.9. The van der Waals surface area contributed by atoms with Crippen molar-refractivity contribution in [1.82, 2.24) is 25.0 Å². The highest BCUT2D eigenvalue weighted by Crippen LogP contribution is 2.34. The number of nitrogens with one attached hydrogen (secondary N) is 2. The monoisotopic (exact) mass is 554 g/mol. The zero-order chi connectivity index (χ0) is 28.4. The van der Waals surface area contributed by atoms with E-state index in [2.05, 4.69) is 37.2 Å². The normalized spacial score (nSPS) is 14.7. The Labute approximate surface area is 226 Å². The number of hydrogen-bond acceptors (Lipinski definition) is 5. The lowest BCUT2D eigenvalue weighted by molar-refractivity contribution is -0.138. The van der Waals surface area contributed by atoms with E-state index in [1.165, 1.54) is 30.6 Å². The highest BCUT2D eigenvalue weighted by Gasteiger charge is 2.34. The molecule has 0 radical (unpaired) electrons. The van der Waals surface area contributed by atoms with Crippen molar-refractivity contribution in [2.75, 3.05) is 38.5 Å². The number of aromatic nitrogens is 3. The first kappa shape index (κ1) is 27.2. The molecule has 5 rings (SSSR count). The van der Waals surface area contributed by atoms with Crippen LogP contribution in [0.2, 0.25) is 0 Å². The summed E-state index contributed by atoms with van der Waals surface area (Å²) >= 11 is 0. The molecule has 0 spiro atoms. The number of alkyl halides is 3. The van der Waals surface area contributed by atoms with Crippen LogP contribution in [0.3, 0.4) is 0 Å². The van der Waals surface area contributed by atoms with Gasteiger partial charge in [0.05, 0.1) is 11.1 Å². The van der Waals surface area contributed by atoms with E-state index >= 15 is 0 Å². The number of rotatable bonds is 4. The summed E-state index contributed by atoms with van der Waals surface area (Å²) in [5, 5.41) is 9.01. The minimum Gasteiger partial charge on any atom is -0.322 e. The van der Waals surface area contributed by atoms with Crippen molar-refractivity contribution in [3.05, 3.63) is 88.4 Å². The van der Waals surface area contributed by atoms with E-state index in [9.17, 15) is 26.7 Å². The van der Waals surface area contributed by atoms with Crippen molar-refractivity contribution in [3.8, 4) is 11.8 Å². The number of anilines is 1. The average Bonchev–Trinajstić information content (AvgIpc) is 3.32. The maximum Gasteiger partial charge on any atom is 0.416 e. The molecule has 40 heavy (non-hydrogen) atoms. The van der Waals surface area contributed by atoms with Crippen LogP contribution in [0.5, 0.6) is 0 Å². The molecule has 2 N–H and O–H groups in total. The SMILES string of the molecule is CN1CCN(Cc2ccc(NC(=O)c3cncc(C#Cc4n[nH]c5c(F)cc(F)cc45)c3)cc2C(F)(F)F)CC1. The largest absolute Gasteiger partial charge is 0.416 e. The summed E-state index contributed by atoms with van der Waals surface area (Å²) in [6, 6.07) is 6.98. The number of H-pyrrole nitrogens is 1. The van der Waals surface area contributed by atoms with Gasteiger partial charge in [-0.3, -0.25) is 19.8 Å².